The van der Waals surface area contributed by atoms with Crippen LogP contribution in [0.1, 0.15) is 26.3 Å². The predicted octanol–water partition coefficient (Wildman–Crippen LogP) is 2.46. The lowest BCUT2D eigenvalue weighted by atomic mass is 10.1. The Balaban J connectivity index is 2.94. The highest BCUT2D eigenvalue weighted by Crippen LogP contribution is 2.26. The van der Waals surface area contributed by atoms with Gasteiger partial charge in [-0.25, -0.2) is 5.43 Å². The molecular formula is C15H18N2O3. The molecule has 106 valence electrons. The highest BCUT2D eigenvalue weighted by Gasteiger charge is 2.11. The van der Waals surface area contributed by atoms with Crippen LogP contribution in [0, 0.1) is 0 Å². The molecule has 0 spiro atoms. The minimum Gasteiger partial charge on any atom is -0.507 e. The lowest BCUT2D eigenvalue weighted by molar-refractivity contribution is -0.117. The van der Waals surface area contributed by atoms with Gasteiger partial charge in [-0.05, 0) is 32.9 Å². The maximum Gasteiger partial charge on any atom is 0.271 e. The summed E-state index contributed by atoms with van der Waals surface area (Å²) in [4.78, 5) is 11.8. The zero-order valence-corrected chi connectivity index (χ0v) is 11.7. The third-order valence-corrected chi connectivity index (χ3v) is 2.63. The van der Waals surface area contributed by atoms with Crippen LogP contribution in [0.4, 0.5) is 0 Å². The number of nitrogens with one attached hydrogen (secondary N) is 1. The second-order valence-electron chi connectivity index (χ2n) is 4.05. The number of nitrogens with zero attached hydrogens (tertiary/aromatic N) is 1. The number of carbonyl (C=O) groups is 1. The van der Waals surface area contributed by atoms with Gasteiger partial charge in [-0.2, -0.15) is 5.10 Å². The van der Waals surface area contributed by atoms with Crippen molar-refractivity contribution in [3.8, 4) is 11.5 Å². The van der Waals surface area contributed by atoms with Crippen LogP contribution < -0.4 is 5.43 Å². The number of amides is 1. The molecule has 3 N–H and O–H groups in total. The highest BCUT2D eigenvalue weighted by atomic mass is 16.3. The van der Waals surface area contributed by atoms with Crippen molar-refractivity contribution in [2.75, 3.05) is 0 Å². The number of hydrogen-bond donors (Lipinski definition) is 3. The van der Waals surface area contributed by atoms with Crippen LogP contribution in [-0.4, -0.2) is 21.8 Å². The largest absolute Gasteiger partial charge is 0.507 e. The number of rotatable bonds is 4. The molecule has 0 atom stereocenters. The third-order valence-electron chi connectivity index (χ3n) is 2.63. The standard InChI is InChI=1S/C15H18N2O3/c1-4-7-11(5-2)15(20)17-16-10(3)14-12(18)8-6-9-13(14)19/h4-9,18-19H,1-3H3,(H,17,20). The van der Waals surface area contributed by atoms with Gasteiger partial charge in [0, 0.05) is 5.57 Å². The van der Waals surface area contributed by atoms with Gasteiger partial charge in [-0.15, -0.1) is 0 Å². The maximum absolute atomic E-state index is 11.8. The highest BCUT2D eigenvalue weighted by molar-refractivity contribution is 6.04. The van der Waals surface area contributed by atoms with Crippen molar-refractivity contribution >= 4 is 11.6 Å². The molecule has 20 heavy (non-hydrogen) atoms. The van der Waals surface area contributed by atoms with Crippen molar-refractivity contribution in [3.05, 3.63) is 47.6 Å². The molecule has 5 nitrogen and oxygen atoms in total. The smallest absolute Gasteiger partial charge is 0.271 e. The van der Waals surface area contributed by atoms with Crippen LogP contribution in [0.5, 0.6) is 11.5 Å². The molecule has 0 aromatic heterocycles. The summed E-state index contributed by atoms with van der Waals surface area (Å²) in [7, 11) is 0. The fourth-order valence-corrected chi connectivity index (χ4v) is 1.64. The number of phenolic OH excluding ortho intramolecular Hbond substituents is 2. The first-order valence-electron chi connectivity index (χ1n) is 6.16. The molecule has 0 radical (unpaired) electrons. The monoisotopic (exact) mass is 274 g/mol. The Morgan fingerprint density at radius 1 is 1.25 bits per heavy atom. The summed E-state index contributed by atoms with van der Waals surface area (Å²) in [6, 6.07) is 4.39. The first-order chi connectivity index (χ1) is 9.51. The van der Waals surface area contributed by atoms with Crippen molar-refractivity contribution in [1.29, 1.82) is 0 Å². The molecule has 1 aromatic carbocycles. The molecule has 1 rings (SSSR count). The molecule has 0 bridgehead atoms. The fraction of sp³-hybridized carbons (Fsp3) is 0.200. The fourth-order valence-electron chi connectivity index (χ4n) is 1.64. The van der Waals surface area contributed by atoms with Gasteiger partial charge in [0.15, 0.2) is 0 Å². The van der Waals surface area contributed by atoms with E-state index >= 15 is 0 Å². The van der Waals surface area contributed by atoms with E-state index in [0.29, 0.717) is 11.3 Å². The average Bonchev–Trinajstić information content (AvgIpc) is 2.42. The van der Waals surface area contributed by atoms with E-state index in [1.165, 1.54) is 18.2 Å². The van der Waals surface area contributed by atoms with E-state index in [2.05, 4.69) is 10.5 Å². The minimum absolute atomic E-state index is 0.0970. The van der Waals surface area contributed by atoms with Crippen molar-refractivity contribution in [3.63, 3.8) is 0 Å². The van der Waals surface area contributed by atoms with Crippen LogP contribution >= 0.6 is 0 Å². The topological polar surface area (TPSA) is 81.9 Å². The minimum atomic E-state index is -0.361. The summed E-state index contributed by atoms with van der Waals surface area (Å²) < 4.78 is 0. The van der Waals surface area contributed by atoms with E-state index in [1.807, 2.05) is 6.92 Å². The van der Waals surface area contributed by atoms with E-state index < -0.39 is 0 Å². The van der Waals surface area contributed by atoms with E-state index in [0.717, 1.165) is 0 Å². The Bertz CT molecular complexity index is 567. The predicted molar refractivity (Wildman–Crippen MR) is 78.7 cm³/mol. The van der Waals surface area contributed by atoms with E-state index in [9.17, 15) is 15.0 Å². The molecule has 0 saturated heterocycles. The third kappa shape index (κ3) is 3.71. The van der Waals surface area contributed by atoms with Crippen LogP contribution in [0.15, 0.2) is 47.1 Å². The van der Waals surface area contributed by atoms with E-state index in [-0.39, 0.29) is 23.0 Å². The summed E-state index contributed by atoms with van der Waals surface area (Å²) in [6.07, 6.45) is 5.08. The number of allylic oxidation sites excluding steroid dienone is 2. The second kappa shape index (κ2) is 7.13. The molecule has 1 aromatic rings. The molecule has 1 amide bonds. The molecular weight excluding hydrogens is 256 g/mol. The van der Waals surface area contributed by atoms with Crippen LogP contribution in [0.2, 0.25) is 0 Å². The molecule has 0 heterocycles. The number of benzene rings is 1. The number of carbonyl (C=O) groups excluding carboxylic acids is 1. The maximum atomic E-state index is 11.8. The van der Waals surface area contributed by atoms with Gasteiger partial charge in [0.2, 0.25) is 0 Å². The second-order valence-corrected chi connectivity index (χ2v) is 4.05. The molecule has 0 aliphatic carbocycles. The molecule has 0 saturated carbocycles. The molecule has 0 fully saturated rings. The Kier molecular flexibility index (Phi) is 5.53. The summed E-state index contributed by atoms with van der Waals surface area (Å²) in [5.41, 5.74) is 3.36. The van der Waals surface area contributed by atoms with Crippen molar-refractivity contribution in [1.82, 2.24) is 5.43 Å². The first-order valence-corrected chi connectivity index (χ1v) is 6.16. The van der Waals surface area contributed by atoms with Gasteiger partial charge in [0.1, 0.15) is 11.5 Å². The quantitative estimate of drug-likeness (QED) is 0.341. The summed E-state index contributed by atoms with van der Waals surface area (Å²) >= 11 is 0. The normalized spacial score (nSPS) is 12.8. The van der Waals surface area contributed by atoms with Crippen LogP contribution in [-0.2, 0) is 4.79 Å². The van der Waals surface area contributed by atoms with Crippen molar-refractivity contribution < 1.29 is 15.0 Å². The molecule has 0 aliphatic heterocycles. The van der Waals surface area contributed by atoms with Crippen LogP contribution in [0.3, 0.4) is 0 Å². The number of aromatic hydroxyl groups is 2. The van der Waals surface area contributed by atoms with Crippen LogP contribution in [0.25, 0.3) is 0 Å². The van der Waals surface area contributed by atoms with E-state index in [4.69, 9.17) is 0 Å². The Morgan fingerprint density at radius 2 is 1.85 bits per heavy atom. The number of hydrazone groups is 1. The lowest BCUT2D eigenvalue weighted by Gasteiger charge is -2.07. The average molecular weight is 274 g/mol. The zero-order valence-electron chi connectivity index (χ0n) is 11.7. The zero-order chi connectivity index (χ0) is 15.1. The van der Waals surface area contributed by atoms with Gasteiger partial charge in [-0.1, -0.05) is 24.3 Å². The van der Waals surface area contributed by atoms with Gasteiger partial charge >= 0.3 is 0 Å². The Morgan fingerprint density at radius 3 is 2.35 bits per heavy atom. The Labute approximate surface area is 118 Å². The van der Waals surface area contributed by atoms with Gasteiger partial charge in [-0.3, -0.25) is 4.79 Å². The Hall–Kier alpha value is -2.56. The van der Waals surface area contributed by atoms with Gasteiger partial charge < -0.3 is 10.2 Å². The SMILES string of the molecule is CC=CC(=CC)C(=O)NN=C(C)c1c(O)cccc1O. The van der Waals surface area contributed by atoms with Gasteiger partial charge in [0.25, 0.3) is 5.91 Å². The number of hydrogen-bond acceptors (Lipinski definition) is 4. The summed E-state index contributed by atoms with van der Waals surface area (Å²) in [5, 5.41) is 23.3. The summed E-state index contributed by atoms with van der Waals surface area (Å²) in [6.45, 7) is 5.14. The number of phenols is 2. The van der Waals surface area contributed by atoms with Crippen molar-refractivity contribution in [2.45, 2.75) is 20.8 Å². The van der Waals surface area contributed by atoms with Gasteiger partial charge in [0.05, 0.1) is 11.3 Å². The molecule has 0 unspecified atom stereocenters. The first kappa shape index (κ1) is 15.5. The van der Waals surface area contributed by atoms with Crippen molar-refractivity contribution in [2.24, 2.45) is 5.10 Å². The van der Waals surface area contributed by atoms with E-state index in [1.54, 1.807) is 32.1 Å². The summed E-state index contributed by atoms with van der Waals surface area (Å²) in [5.74, 6) is -0.555. The lowest BCUT2D eigenvalue weighted by Crippen LogP contribution is -2.20. The molecule has 0 aliphatic rings. The molecule has 5 heteroatoms.